The molecule has 1 aliphatic heterocycles. The first-order valence-corrected chi connectivity index (χ1v) is 8.98. The summed E-state index contributed by atoms with van der Waals surface area (Å²) in [5.41, 5.74) is 0.679. The molecule has 118 valence electrons. The van der Waals surface area contributed by atoms with E-state index in [4.69, 9.17) is 5.11 Å². The summed E-state index contributed by atoms with van der Waals surface area (Å²) in [5, 5.41) is 9.07. The molecule has 0 aromatic rings. The molecule has 5 fully saturated rings. The lowest BCUT2D eigenvalue weighted by Crippen LogP contribution is -2.53. The summed E-state index contributed by atoms with van der Waals surface area (Å²) in [6.07, 6.45) is 10.5. The highest BCUT2D eigenvalue weighted by Crippen LogP contribution is 2.61. The van der Waals surface area contributed by atoms with Crippen LogP contribution in [-0.4, -0.2) is 35.6 Å². The molecule has 1 heterocycles. The molecule has 4 aliphatic carbocycles. The number of rotatable bonds is 5. The minimum Gasteiger partial charge on any atom is -0.481 e. The fourth-order valence-corrected chi connectivity index (χ4v) is 6.30. The van der Waals surface area contributed by atoms with E-state index >= 15 is 0 Å². The molecule has 0 aromatic heterocycles. The molecular formula is C18H29NO2. The van der Waals surface area contributed by atoms with Crippen molar-refractivity contribution in [3.05, 3.63) is 0 Å². The zero-order valence-electron chi connectivity index (χ0n) is 13.3. The first-order valence-electron chi connectivity index (χ1n) is 8.98. The number of aliphatic carboxylic acids is 1. The molecule has 3 nitrogen and oxygen atoms in total. The quantitative estimate of drug-likeness (QED) is 0.845. The van der Waals surface area contributed by atoms with E-state index in [9.17, 15) is 4.79 Å². The Morgan fingerprint density at radius 3 is 2.14 bits per heavy atom. The topological polar surface area (TPSA) is 40.5 Å². The Bertz CT molecular complexity index is 392. The third-order valence-electron chi connectivity index (χ3n) is 7.21. The molecule has 1 saturated heterocycles. The fourth-order valence-electron chi connectivity index (χ4n) is 6.30. The maximum atomic E-state index is 11.0. The van der Waals surface area contributed by atoms with Crippen molar-refractivity contribution in [2.75, 3.05) is 19.6 Å². The second-order valence-electron chi connectivity index (χ2n) is 8.81. The number of carboxylic acid groups (broad SMARTS) is 1. The molecule has 0 aromatic carbocycles. The van der Waals surface area contributed by atoms with Crippen LogP contribution in [0, 0.1) is 35.0 Å². The van der Waals surface area contributed by atoms with Crippen molar-refractivity contribution < 1.29 is 9.90 Å². The van der Waals surface area contributed by atoms with E-state index < -0.39 is 5.97 Å². The molecule has 5 rings (SSSR count). The van der Waals surface area contributed by atoms with Gasteiger partial charge >= 0.3 is 5.97 Å². The minimum absolute atomic E-state index is 0.166. The molecule has 1 unspecified atom stereocenters. The molecular weight excluding hydrogens is 262 g/mol. The minimum atomic E-state index is -0.624. The van der Waals surface area contributed by atoms with Gasteiger partial charge in [-0.15, -0.1) is 0 Å². The SMILES string of the molecule is CC(C(=O)O)C1CN(CCC23CC4CC(CC(C4)C2)C3)C1. The molecule has 1 N–H and O–H groups in total. The Morgan fingerprint density at radius 1 is 1.14 bits per heavy atom. The average molecular weight is 291 g/mol. The van der Waals surface area contributed by atoms with Gasteiger partial charge in [0.2, 0.25) is 0 Å². The predicted octanol–water partition coefficient (Wildman–Crippen LogP) is 3.25. The van der Waals surface area contributed by atoms with Gasteiger partial charge < -0.3 is 10.0 Å². The van der Waals surface area contributed by atoms with Crippen LogP contribution in [0.5, 0.6) is 0 Å². The highest BCUT2D eigenvalue weighted by molar-refractivity contribution is 5.70. The molecule has 3 heteroatoms. The Hall–Kier alpha value is -0.570. The molecule has 0 spiro atoms. The van der Waals surface area contributed by atoms with Crippen LogP contribution >= 0.6 is 0 Å². The van der Waals surface area contributed by atoms with Gasteiger partial charge in [-0.1, -0.05) is 6.92 Å². The van der Waals surface area contributed by atoms with Crippen LogP contribution in [0.3, 0.4) is 0 Å². The van der Waals surface area contributed by atoms with E-state index in [0.29, 0.717) is 11.3 Å². The third kappa shape index (κ3) is 2.52. The van der Waals surface area contributed by atoms with Gasteiger partial charge in [0, 0.05) is 13.1 Å². The Kier molecular flexibility index (Phi) is 3.33. The smallest absolute Gasteiger partial charge is 0.306 e. The number of hydrogen-bond donors (Lipinski definition) is 1. The number of carboxylic acids is 1. The molecule has 0 amide bonds. The zero-order chi connectivity index (χ0) is 14.6. The van der Waals surface area contributed by atoms with Crippen LogP contribution in [0.15, 0.2) is 0 Å². The van der Waals surface area contributed by atoms with E-state index in [-0.39, 0.29) is 5.92 Å². The van der Waals surface area contributed by atoms with Crippen LogP contribution in [0.2, 0.25) is 0 Å². The normalized spacial score (nSPS) is 43.8. The summed E-state index contributed by atoms with van der Waals surface area (Å²) in [7, 11) is 0. The van der Waals surface area contributed by atoms with E-state index in [2.05, 4.69) is 4.90 Å². The lowest BCUT2D eigenvalue weighted by molar-refractivity contribution is -0.145. The highest BCUT2D eigenvalue weighted by atomic mass is 16.4. The summed E-state index contributed by atoms with van der Waals surface area (Å²) in [5.74, 6) is 2.74. The Morgan fingerprint density at radius 2 is 1.67 bits per heavy atom. The first kappa shape index (κ1) is 14.0. The zero-order valence-corrected chi connectivity index (χ0v) is 13.3. The van der Waals surface area contributed by atoms with Gasteiger partial charge in [0.1, 0.15) is 0 Å². The lowest BCUT2D eigenvalue weighted by atomic mass is 9.49. The highest BCUT2D eigenvalue weighted by Gasteiger charge is 2.50. The standard InChI is InChI=1S/C18H29NO2/c1-12(17(20)21)16-10-19(11-16)3-2-18-7-13-4-14(8-18)6-15(5-13)9-18/h12-16H,2-11H2,1H3,(H,20,21). The van der Waals surface area contributed by atoms with Gasteiger partial charge in [0.25, 0.3) is 0 Å². The second kappa shape index (κ2) is 4.97. The number of hydrogen-bond acceptors (Lipinski definition) is 2. The average Bonchev–Trinajstić information content (AvgIpc) is 2.34. The van der Waals surface area contributed by atoms with Crippen LogP contribution in [0.25, 0.3) is 0 Å². The fraction of sp³-hybridized carbons (Fsp3) is 0.944. The van der Waals surface area contributed by atoms with Gasteiger partial charge in [0.15, 0.2) is 0 Å². The lowest BCUT2D eigenvalue weighted by Gasteiger charge is -2.57. The van der Waals surface area contributed by atoms with Crippen LogP contribution in [0.4, 0.5) is 0 Å². The van der Waals surface area contributed by atoms with E-state index in [1.165, 1.54) is 51.5 Å². The summed E-state index contributed by atoms with van der Waals surface area (Å²) < 4.78 is 0. The Balaban J connectivity index is 1.28. The van der Waals surface area contributed by atoms with Gasteiger partial charge in [-0.05, 0) is 80.6 Å². The molecule has 21 heavy (non-hydrogen) atoms. The van der Waals surface area contributed by atoms with Crippen molar-refractivity contribution in [1.29, 1.82) is 0 Å². The van der Waals surface area contributed by atoms with Crippen molar-refractivity contribution in [3.8, 4) is 0 Å². The van der Waals surface area contributed by atoms with Gasteiger partial charge in [0.05, 0.1) is 5.92 Å². The second-order valence-corrected chi connectivity index (χ2v) is 8.81. The van der Waals surface area contributed by atoms with Crippen molar-refractivity contribution >= 4 is 5.97 Å². The summed E-state index contributed by atoms with van der Waals surface area (Å²) in [6.45, 7) is 5.11. The van der Waals surface area contributed by atoms with Crippen LogP contribution in [-0.2, 0) is 4.79 Å². The van der Waals surface area contributed by atoms with Gasteiger partial charge in [-0.3, -0.25) is 4.79 Å². The Labute approximate surface area is 128 Å². The van der Waals surface area contributed by atoms with Crippen molar-refractivity contribution in [2.24, 2.45) is 35.0 Å². The van der Waals surface area contributed by atoms with Gasteiger partial charge in [-0.2, -0.15) is 0 Å². The molecule has 4 bridgehead atoms. The first-order chi connectivity index (χ1) is 10.0. The van der Waals surface area contributed by atoms with Gasteiger partial charge in [-0.25, -0.2) is 0 Å². The largest absolute Gasteiger partial charge is 0.481 e. The summed E-state index contributed by atoms with van der Waals surface area (Å²) >= 11 is 0. The summed E-state index contributed by atoms with van der Waals surface area (Å²) in [6, 6.07) is 0. The molecule has 0 radical (unpaired) electrons. The predicted molar refractivity (Wildman–Crippen MR) is 82.0 cm³/mol. The summed E-state index contributed by atoms with van der Waals surface area (Å²) in [4.78, 5) is 13.5. The maximum absolute atomic E-state index is 11.0. The van der Waals surface area contributed by atoms with Crippen LogP contribution < -0.4 is 0 Å². The van der Waals surface area contributed by atoms with Crippen molar-refractivity contribution in [3.63, 3.8) is 0 Å². The van der Waals surface area contributed by atoms with E-state index in [1.54, 1.807) is 0 Å². The van der Waals surface area contributed by atoms with Crippen molar-refractivity contribution in [1.82, 2.24) is 4.90 Å². The number of nitrogens with zero attached hydrogens (tertiary/aromatic N) is 1. The van der Waals surface area contributed by atoms with E-state index in [1.807, 2.05) is 6.92 Å². The van der Waals surface area contributed by atoms with E-state index in [0.717, 1.165) is 30.8 Å². The number of likely N-dealkylation sites (tertiary alicyclic amines) is 1. The maximum Gasteiger partial charge on any atom is 0.306 e. The molecule has 5 aliphatic rings. The monoisotopic (exact) mass is 291 g/mol. The van der Waals surface area contributed by atoms with Crippen molar-refractivity contribution in [2.45, 2.75) is 51.9 Å². The van der Waals surface area contributed by atoms with Crippen LogP contribution in [0.1, 0.15) is 51.9 Å². The number of carbonyl (C=O) groups is 1. The molecule has 1 atom stereocenters. The third-order valence-corrected chi connectivity index (χ3v) is 7.21. The molecule has 4 saturated carbocycles.